The topological polar surface area (TPSA) is 81.1 Å². The number of likely N-dealkylation sites (tertiary alicyclic amines) is 2. The molecule has 0 saturated carbocycles. The molecular formula is C12H20N2O4. The van der Waals surface area contributed by atoms with Crippen LogP contribution in [0.4, 0.5) is 4.79 Å². The molecule has 2 fully saturated rings. The van der Waals surface area contributed by atoms with Crippen LogP contribution in [-0.4, -0.2) is 63.3 Å². The highest BCUT2D eigenvalue weighted by Crippen LogP contribution is 2.28. The third-order valence-electron chi connectivity index (χ3n) is 4.04. The van der Waals surface area contributed by atoms with Gasteiger partial charge in [-0.25, -0.2) is 4.79 Å². The van der Waals surface area contributed by atoms with Gasteiger partial charge in [-0.3, -0.25) is 4.79 Å². The molecule has 0 spiro atoms. The highest BCUT2D eigenvalue weighted by atomic mass is 16.4. The molecule has 0 aromatic heterocycles. The maximum absolute atomic E-state index is 12.3. The Bertz CT molecular complexity index is 369. The van der Waals surface area contributed by atoms with Crippen LogP contribution in [0, 0.1) is 5.92 Å². The van der Waals surface area contributed by atoms with E-state index in [9.17, 15) is 14.7 Å². The van der Waals surface area contributed by atoms with Crippen molar-refractivity contribution in [3.05, 3.63) is 0 Å². The van der Waals surface area contributed by atoms with Crippen molar-refractivity contribution in [2.75, 3.05) is 19.6 Å². The number of urea groups is 1. The summed E-state index contributed by atoms with van der Waals surface area (Å²) >= 11 is 0. The van der Waals surface area contributed by atoms with Gasteiger partial charge in [-0.05, 0) is 26.7 Å². The molecule has 0 aromatic carbocycles. The maximum Gasteiger partial charge on any atom is 0.320 e. The molecule has 3 unspecified atom stereocenters. The first-order chi connectivity index (χ1) is 8.32. The molecule has 0 aliphatic carbocycles. The van der Waals surface area contributed by atoms with Crippen LogP contribution in [0.2, 0.25) is 0 Å². The van der Waals surface area contributed by atoms with Crippen molar-refractivity contribution >= 4 is 12.0 Å². The summed E-state index contributed by atoms with van der Waals surface area (Å²) in [7, 11) is 0. The lowest BCUT2D eigenvalue weighted by Crippen LogP contribution is -2.46. The zero-order valence-electron chi connectivity index (χ0n) is 10.8. The predicted molar refractivity (Wildman–Crippen MR) is 64.1 cm³/mol. The highest BCUT2D eigenvalue weighted by Gasteiger charge is 2.42. The molecule has 2 N–H and O–H groups in total. The minimum absolute atomic E-state index is 0.149. The second-order valence-corrected chi connectivity index (χ2v) is 5.62. The molecule has 6 heteroatoms. The summed E-state index contributed by atoms with van der Waals surface area (Å²) in [6.45, 7) is 4.83. The number of aliphatic carboxylic acids is 1. The molecule has 2 aliphatic rings. The lowest BCUT2D eigenvalue weighted by Gasteiger charge is -2.29. The lowest BCUT2D eigenvalue weighted by molar-refractivity contribution is -0.142. The molecule has 2 rings (SSSR count). The molecule has 6 nitrogen and oxygen atoms in total. The minimum Gasteiger partial charge on any atom is -0.481 e. The van der Waals surface area contributed by atoms with Crippen molar-refractivity contribution in [1.82, 2.24) is 9.80 Å². The van der Waals surface area contributed by atoms with Gasteiger partial charge < -0.3 is 20.0 Å². The number of nitrogens with zero attached hydrogens (tertiary/aromatic N) is 2. The fourth-order valence-electron chi connectivity index (χ4n) is 2.83. The van der Waals surface area contributed by atoms with Crippen molar-refractivity contribution in [2.45, 2.75) is 38.3 Å². The standard InChI is InChI=1S/C12H20N2O4/c1-8-9(10(15)16)3-5-14(8)11(17)13-6-4-12(2,18)7-13/h8-9,18H,3-7H2,1-2H3,(H,15,16). The van der Waals surface area contributed by atoms with Gasteiger partial charge in [0.15, 0.2) is 0 Å². The minimum atomic E-state index is -0.841. The Labute approximate surface area is 106 Å². The van der Waals surface area contributed by atoms with Crippen molar-refractivity contribution in [3.8, 4) is 0 Å². The number of carbonyl (C=O) groups is 2. The second-order valence-electron chi connectivity index (χ2n) is 5.62. The van der Waals surface area contributed by atoms with Crippen molar-refractivity contribution in [1.29, 1.82) is 0 Å². The van der Waals surface area contributed by atoms with E-state index in [4.69, 9.17) is 5.11 Å². The van der Waals surface area contributed by atoms with Crippen LogP contribution in [0.1, 0.15) is 26.7 Å². The Morgan fingerprint density at radius 3 is 2.44 bits per heavy atom. The fourth-order valence-corrected chi connectivity index (χ4v) is 2.83. The largest absolute Gasteiger partial charge is 0.481 e. The van der Waals surface area contributed by atoms with Crippen LogP contribution in [0.5, 0.6) is 0 Å². The van der Waals surface area contributed by atoms with E-state index in [-0.39, 0.29) is 12.1 Å². The van der Waals surface area contributed by atoms with Crippen LogP contribution in [0.25, 0.3) is 0 Å². The summed E-state index contributed by atoms with van der Waals surface area (Å²) in [5.41, 5.74) is -0.815. The number of carboxylic acids is 1. The summed E-state index contributed by atoms with van der Waals surface area (Å²) in [6.07, 6.45) is 1.08. The molecule has 2 saturated heterocycles. The molecule has 0 radical (unpaired) electrons. The molecule has 2 amide bonds. The summed E-state index contributed by atoms with van der Waals surface area (Å²) in [4.78, 5) is 26.5. The number of carbonyl (C=O) groups excluding carboxylic acids is 1. The zero-order chi connectivity index (χ0) is 13.5. The number of rotatable bonds is 1. The van der Waals surface area contributed by atoms with Gasteiger partial charge >= 0.3 is 12.0 Å². The van der Waals surface area contributed by atoms with E-state index in [2.05, 4.69) is 0 Å². The first-order valence-corrected chi connectivity index (χ1v) is 6.32. The molecule has 18 heavy (non-hydrogen) atoms. The predicted octanol–water partition coefficient (Wildman–Crippen LogP) is 0.358. The summed E-state index contributed by atoms with van der Waals surface area (Å²) < 4.78 is 0. The Morgan fingerprint density at radius 2 is 2.00 bits per heavy atom. The lowest BCUT2D eigenvalue weighted by atomic mass is 10.0. The molecule has 2 aliphatic heterocycles. The van der Waals surface area contributed by atoms with Crippen LogP contribution >= 0.6 is 0 Å². The molecule has 102 valence electrons. The van der Waals surface area contributed by atoms with E-state index in [1.807, 2.05) is 0 Å². The SMILES string of the molecule is CC1C(C(=O)O)CCN1C(=O)N1CCC(C)(O)C1. The average Bonchev–Trinajstić information content (AvgIpc) is 2.80. The van der Waals surface area contributed by atoms with Crippen molar-refractivity contribution in [3.63, 3.8) is 0 Å². The van der Waals surface area contributed by atoms with Crippen molar-refractivity contribution < 1.29 is 19.8 Å². The molecular weight excluding hydrogens is 236 g/mol. The van der Waals surface area contributed by atoms with E-state index in [0.29, 0.717) is 32.5 Å². The van der Waals surface area contributed by atoms with E-state index in [1.165, 1.54) is 0 Å². The van der Waals surface area contributed by atoms with Crippen molar-refractivity contribution in [2.24, 2.45) is 5.92 Å². The Kier molecular flexibility index (Phi) is 3.23. The monoisotopic (exact) mass is 256 g/mol. The van der Waals surface area contributed by atoms with Gasteiger partial charge in [0.1, 0.15) is 0 Å². The highest BCUT2D eigenvalue weighted by molar-refractivity contribution is 5.78. The Morgan fingerprint density at radius 1 is 1.33 bits per heavy atom. The molecule has 0 aromatic rings. The van der Waals surface area contributed by atoms with Gasteiger partial charge in [-0.2, -0.15) is 0 Å². The third kappa shape index (κ3) is 2.29. The smallest absolute Gasteiger partial charge is 0.320 e. The number of amides is 2. The van der Waals surface area contributed by atoms with Gasteiger partial charge in [0.25, 0.3) is 0 Å². The van der Waals surface area contributed by atoms with E-state index in [1.54, 1.807) is 23.6 Å². The van der Waals surface area contributed by atoms with E-state index >= 15 is 0 Å². The number of hydrogen-bond acceptors (Lipinski definition) is 3. The Hall–Kier alpha value is -1.30. The first-order valence-electron chi connectivity index (χ1n) is 6.32. The first kappa shape index (κ1) is 13.1. The molecule has 3 atom stereocenters. The third-order valence-corrected chi connectivity index (χ3v) is 4.04. The number of carboxylic acid groups (broad SMARTS) is 1. The van der Waals surface area contributed by atoms with Gasteiger partial charge in [0.2, 0.25) is 0 Å². The van der Waals surface area contributed by atoms with E-state index in [0.717, 1.165) is 0 Å². The number of hydrogen-bond donors (Lipinski definition) is 2. The Balaban J connectivity index is 2.01. The van der Waals surface area contributed by atoms with Crippen LogP contribution in [0.15, 0.2) is 0 Å². The van der Waals surface area contributed by atoms with Crippen LogP contribution in [-0.2, 0) is 4.79 Å². The fraction of sp³-hybridized carbons (Fsp3) is 0.833. The second kappa shape index (κ2) is 4.42. The number of β-amino-alcohol motifs (C(OH)–C–C–N with tert-alkyl or cyclic N) is 1. The summed E-state index contributed by atoms with van der Waals surface area (Å²) in [5, 5.41) is 18.9. The zero-order valence-corrected chi connectivity index (χ0v) is 10.8. The van der Waals surface area contributed by atoms with Gasteiger partial charge in [-0.1, -0.05) is 0 Å². The quantitative estimate of drug-likeness (QED) is 0.709. The number of aliphatic hydroxyl groups is 1. The van der Waals surface area contributed by atoms with E-state index < -0.39 is 17.5 Å². The van der Waals surface area contributed by atoms with Gasteiger partial charge in [0.05, 0.1) is 18.1 Å². The average molecular weight is 256 g/mol. The maximum atomic E-state index is 12.3. The summed E-state index contributed by atoms with van der Waals surface area (Å²) in [5.74, 6) is -1.32. The van der Waals surface area contributed by atoms with Crippen LogP contribution < -0.4 is 0 Å². The summed E-state index contributed by atoms with van der Waals surface area (Å²) in [6, 6.07) is -0.426. The normalized spacial score (nSPS) is 36.2. The van der Waals surface area contributed by atoms with Gasteiger partial charge in [0, 0.05) is 19.1 Å². The molecule has 2 heterocycles. The van der Waals surface area contributed by atoms with Crippen LogP contribution in [0.3, 0.4) is 0 Å². The molecule has 0 bridgehead atoms. The van der Waals surface area contributed by atoms with Gasteiger partial charge in [-0.15, -0.1) is 0 Å².